The molecule has 3 nitrogen and oxygen atoms in total. The summed E-state index contributed by atoms with van der Waals surface area (Å²) in [4.78, 5) is 0. The number of para-hydroxylation sites is 3. The molecule has 1 N–H and O–H groups in total. The molecule has 0 saturated heterocycles. The second-order valence-electron chi connectivity index (χ2n) is 6.28. The van der Waals surface area contributed by atoms with E-state index in [4.69, 9.17) is 9.47 Å². The molecule has 0 radical (unpaired) electrons. The summed E-state index contributed by atoms with van der Waals surface area (Å²) < 4.78 is 11.9. The van der Waals surface area contributed by atoms with Gasteiger partial charge in [-0.2, -0.15) is 0 Å². The number of anilines is 1. The topological polar surface area (TPSA) is 30.5 Å². The van der Waals surface area contributed by atoms with Crippen LogP contribution in [0.2, 0.25) is 0 Å². The summed E-state index contributed by atoms with van der Waals surface area (Å²) in [7, 11) is 0. The first-order valence-corrected chi connectivity index (χ1v) is 8.24. The molecule has 0 aliphatic carbocycles. The lowest BCUT2D eigenvalue weighted by molar-refractivity contribution is 0.232. The number of aryl methyl sites for hydroxylation is 1. The molecule has 0 spiro atoms. The zero-order chi connectivity index (χ0) is 16.7. The first-order chi connectivity index (χ1) is 11.1. The highest BCUT2D eigenvalue weighted by Gasteiger charge is 2.08. The summed E-state index contributed by atoms with van der Waals surface area (Å²) >= 11 is 0. The molecule has 0 bridgehead atoms. The van der Waals surface area contributed by atoms with Crippen LogP contribution < -0.4 is 14.8 Å². The van der Waals surface area contributed by atoms with E-state index in [2.05, 4.69) is 39.1 Å². The monoisotopic (exact) mass is 313 g/mol. The van der Waals surface area contributed by atoms with Crippen molar-refractivity contribution in [2.45, 2.75) is 33.8 Å². The van der Waals surface area contributed by atoms with Crippen LogP contribution in [0.25, 0.3) is 0 Å². The van der Waals surface area contributed by atoms with Crippen LogP contribution in [-0.2, 0) is 0 Å². The smallest absolute Gasteiger partial charge is 0.142 e. The minimum Gasteiger partial charge on any atom is -0.491 e. The number of nitrogens with one attached hydrogen (secondary N) is 1. The van der Waals surface area contributed by atoms with Crippen LogP contribution in [0.3, 0.4) is 0 Å². The highest BCUT2D eigenvalue weighted by atomic mass is 16.5. The van der Waals surface area contributed by atoms with Crippen molar-refractivity contribution in [3.63, 3.8) is 0 Å². The van der Waals surface area contributed by atoms with Gasteiger partial charge in [-0.05, 0) is 43.5 Å². The largest absolute Gasteiger partial charge is 0.491 e. The van der Waals surface area contributed by atoms with Crippen molar-refractivity contribution in [2.24, 2.45) is 5.92 Å². The van der Waals surface area contributed by atoms with Gasteiger partial charge in [0, 0.05) is 0 Å². The Morgan fingerprint density at radius 3 is 2.26 bits per heavy atom. The van der Waals surface area contributed by atoms with Crippen LogP contribution in [-0.4, -0.2) is 19.3 Å². The van der Waals surface area contributed by atoms with Gasteiger partial charge in [0.05, 0.1) is 18.8 Å². The minimum atomic E-state index is 0.0641. The second-order valence-corrected chi connectivity index (χ2v) is 6.28. The maximum Gasteiger partial charge on any atom is 0.142 e. The van der Waals surface area contributed by atoms with Crippen LogP contribution in [0, 0.1) is 12.8 Å². The van der Waals surface area contributed by atoms with Gasteiger partial charge < -0.3 is 14.8 Å². The molecule has 124 valence electrons. The standard InChI is InChI=1S/C20H27NO2/c1-15(2)14-22-20-12-8-6-10-18(20)21-13-17(4)23-19-11-7-5-9-16(19)3/h5-12,15,17,21H,13-14H2,1-4H3. The van der Waals surface area contributed by atoms with Gasteiger partial charge in [0.25, 0.3) is 0 Å². The molecule has 1 unspecified atom stereocenters. The summed E-state index contributed by atoms with van der Waals surface area (Å²) in [5, 5.41) is 3.43. The average molecular weight is 313 g/mol. The van der Waals surface area contributed by atoms with Gasteiger partial charge in [0.1, 0.15) is 17.6 Å². The van der Waals surface area contributed by atoms with Gasteiger partial charge >= 0.3 is 0 Å². The van der Waals surface area contributed by atoms with Gasteiger partial charge in [-0.15, -0.1) is 0 Å². The zero-order valence-corrected chi connectivity index (χ0v) is 14.5. The van der Waals surface area contributed by atoms with Crippen molar-refractivity contribution >= 4 is 5.69 Å². The Hall–Kier alpha value is -2.16. The van der Waals surface area contributed by atoms with E-state index in [1.807, 2.05) is 42.5 Å². The Bertz CT molecular complexity index is 610. The van der Waals surface area contributed by atoms with Crippen LogP contribution >= 0.6 is 0 Å². The summed E-state index contributed by atoms with van der Waals surface area (Å²) in [6, 6.07) is 16.1. The van der Waals surface area contributed by atoms with E-state index in [-0.39, 0.29) is 6.10 Å². The zero-order valence-electron chi connectivity index (χ0n) is 14.5. The predicted molar refractivity (Wildman–Crippen MR) is 96.5 cm³/mol. The van der Waals surface area contributed by atoms with E-state index in [0.29, 0.717) is 12.5 Å². The lowest BCUT2D eigenvalue weighted by Crippen LogP contribution is -2.23. The quantitative estimate of drug-likeness (QED) is 0.751. The third kappa shape index (κ3) is 5.51. The third-order valence-corrected chi connectivity index (χ3v) is 3.46. The van der Waals surface area contributed by atoms with Crippen molar-refractivity contribution < 1.29 is 9.47 Å². The average Bonchev–Trinajstić information content (AvgIpc) is 2.54. The van der Waals surface area contributed by atoms with Crippen LogP contribution in [0.1, 0.15) is 26.3 Å². The lowest BCUT2D eigenvalue weighted by Gasteiger charge is -2.19. The van der Waals surface area contributed by atoms with E-state index in [9.17, 15) is 0 Å². The highest BCUT2D eigenvalue weighted by molar-refractivity contribution is 5.56. The second kappa shape index (κ2) is 8.47. The number of ether oxygens (including phenoxy) is 2. The summed E-state index contributed by atoms with van der Waals surface area (Å²) in [6.07, 6.45) is 0.0641. The molecule has 1 atom stereocenters. The van der Waals surface area contributed by atoms with E-state index in [0.717, 1.165) is 29.3 Å². The molecular weight excluding hydrogens is 286 g/mol. The van der Waals surface area contributed by atoms with E-state index in [1.165, 1.54) is 0 Å². The Labute approximate surface area is 139 Å². The molecule has 0 fully saturated rings. The molecule has 0 aliphatic heterocycles. The molecule has 0 aromatic heterocycles. The number of benzene rings is 2. The van der Waals surface area contributed by atoms with Crippen LogP contribution in [0.5, 0.6) is 11.5 Å². The molecule has 2 rings (SSSR count). The van der Waals surface area contributed by atoms with Crippen LogP contribution in [0.15, 0.2) is 48.5 Å². The fourth-order valence-corrected chi connectivity index (χ4v) is 2.20. The van der Waals surface area contributed by atoms with Gasteiger partial charge in [-0.3, -0.25) is 0 Å². The minimum absolute atomic E-state index is 0.0641. The van der Waals surface area contributed by atoms with Gasteiger partial charge in [0.15, 0.2) is 0 Å². The normalized spacial score (nSPS) is 12.0. The first kappa shape index (κ1) is 17.2. The van der Waals surface area contributed by atoms with Crippen LogP contribution in [0.4, 0.5) is 5.69 Å². The van der Waals surface area contributed by atoms with E-state index >= 15 is 0 Å². The SMILES string of the molecule is Cc1ccccc1OC(C)CNc1ccccc1OCC(C)C. The predicted octanol–water partition coefficient (Wildman–Crippen LogP) is 4.91. The third-order valence-electron chi connectivity index (χ3n) is 3.46. The summed E-state index contributed by atoms with van der Waals surface area (Å²) in [5.74, 6) is 2.34. The molecule has 0 saturated carbocycles. The van der Waals surface area contributed by atoms with Crippen molar-refractivity contribution in [2.75, 3.05) is 18.5 Å². The molecule has 23 heavy (non-hydrogen) atoms. The summed E-state index contributed by atoms with van der Waals surface area (Å²) in [5.41, 5.74) is 2.16. The van der Waals surface area contributed by atoms with Crippen molar-refractivity contribution in [3.8, 4) is 11.5 Å². The number of rotatable bonds is 8. The Morgan fingerprint density at radius 2 is 1.57 bits per heavy atom. The maximum absolute atomic E-state index is 6.00. The fraction of sp³-hybridized carbons (Fsp3) is 0.400. The van der Waals surface area contributed by atoms with Crippen molar-refractivity contribution in [1.82, 2.24) is 0 Å². The molecule has 2 aromatic carbocycles. The molecule has 0 aliphatic rings. The van der Waals surface area contributed by atoms with E-state index < -0.39 is 0 Å². The first-order valence-electron chi connectivity index (χ1n) is 8.24. The molecular formula is C20H27NO2. The lowest BCUT2D eigenvalue weighted by atomic mass is 10.2. The molecule has 0 heterocycles. The Morgan fingerprint density at radius 1 is 0.913 bits per heavy atom. The van der Waals surface area contributed by atoms with Crippen molar-refractivity contribution in [1.29, 1.82) is 0 Å². The van der Waals surface area contributed by atoms with Gasteiger partial charge in [-0.1, -0.05) is 44.2 Å². The number of hydrogen-bond acceptors (Lipinski definition) is 3. The fourth-order valence-electron chi connectivity index (χ4n) is 2.20. The Kier molecular flexibility index (Phi) is 6.33. The number of hydrogen-bond donors (Lipinski definition) is 1. The molecule has 2 aromatic rings. The van der Waals surface area contributed by atoms with Crippen molar-refractivity contribution in [3.05, 3.63) is 54.1 Å². The van der Waals surface area contributed by atoms with Gasteiger partial charge in [-0.25, -0.2) is 0 Å². The van der Waals surface area contributed by atoms with Gasteiger partial charge in [0.2, 0.25) is 0 Å². The van der Waals surface area contributed by atoms with E-state index in [1.54, 1.807) is 0 Å². The Balaban J connectivity index is 1.91. The maximum atomic E-state index is 6.00. The molecule has 0 amide bonds. The molecule has 3 heteroatoms. The summed E-state index contributed by atoms with van der Waals surface area (Å²) in [6.45, 7) is 9.86. The highest BCUT2D eigenvalue weighted by Crippen LogP contribution is 2.24.